The van der Waals surface area contributed by atoms with Crippen molar-refractivity contribution in [1.82, 2.24) is 0 Å². The largest absolute Gasteiger partial charge is 0.451 e. The minimum atomic E-state index is -0.797. The molecule has 1 unspecified atom stereocenters. The maximum Gasteiger partial charge on any atom is 0.224 e. The zero-order chi connectivity index (χ0) is 13.4. The van der Waals surface area contributed by atoms with Gasteiger partial charge in [-0.2, -0.15) is 0 Å². The minimum Gasteiger partial charge on any atom is -0.451 e. The molecule has 1 atom stereocenters. The van der Waals surface area contributed by atoms with Crippen LogP contribution in [0.3, 0.4) is 0 Å². The summed E-state index contributed by atoms with van der Waals surface area (Å²) in [6.45, 7) is 0. The Morgan fingerprint density at radius 3 is 2.84 bits per heavy atom. The molecule has 0 saturated heterocycles. The number of hydrogen-bond acceptors (Lipinski definition) is 3. The van der Waals surface area contributed by atoms with Gasteiger partial charge in [0.1, 0.15) is 11.9 Å². The molecule has 0 saturated carbocycles. The highest BCUT2D eigenvalue weighted by atomic mass is 79.9. The molecule has 0 radical (unpaired) electrons. The van der Waals surface area contributed by atoms with Crippen molar-refractivity contribution in [3.63, 3.8) is 0 Å². The predicted molar refractivity (Wildman–Crippen MR) is 73.9 cm³/mol. The van der Waals surface area contributed by atoms with Gasteiger partial charge in [-0.3, -0.25) is 4.79 Å². The molecule has 98 valence electrons. The molecular weight excluding hydrogens is 310 g/mol. The first kappa shape index (κ1) is 12.4. The Bertz CT molecular complexity index is 635. The van der Waals surface area contributed by atoms with Crippen LogP contribution >= 0.6 is 15.9 Å². The van der Waals surface area contributed by atoms with Crippen LogP contribution in [0.4, 0.5) is 5.69 Å². The number of fused-ring (bicyclic) bond motifs is 1. The Labute approximate surface area is 118 Å². The second kappa shape index (κ2) is 4.83. The number of aliphatic hydroxyl groups is 1. The number of carbonyl (C=O) groups is 1. The number of benzene rings is 1. The van der Waals surface area contributed by atoms with Crippen LogP contribution in [0.25, 0.3) is 0 Å². The Kier molecular flexibility index (Phi) is 3.16. The van der Waals surface area contributed by atoms with E-state index in [9.17, 15) is 9.90 Å². The maximum absolute atomic E-state index is 11.3. The number of halogens is 1. The first-order valence-electron chi connectivity index (χ1n) is 5.99. The number of furan rings is 1. The van der Waals surface area contributed by atoms with Crippen molar-refractivity contribution < 1.29 is 14.3 Å². The number of hydrogen-bond donors (Lipinski definition) is 2. The number of nitrogens with one attached hydrogen (secondary N) is 1. The smallest absolute Gasteiger partial charge is 0.224 e. The van der Waals surface area contributed by atoms with Gasteiger partial charge in [0.15, 0.2) is 4.67 Å². The lowest BCUT2D eigenvalue weighted by Crippen LogP contribution is -2.19. The van der Waals surface area contributed by atoms with Crippen molar-refractivity contribution in [3.05, 3.63) is 51.9 Å². The molecule has 1 aliphatic heterocycles. The van der Waals surface area contributed by atoms with Gasteiger partial charge in [0.2, 0.25) is 5.91 Å². The summed E-state index contributed by atoms with van der Waals surface area (Å²) in [7, 11) is 0. The maximum atomic E-state index is 11.3. The van der Waals surface area contributed by atoms with Gasteiger partial charge in [-0.15, -0.1) is 0 Å². The molecule has 19 heavy (non-hydrogen) atoms. The molecule has 1 aromatic heterocycles. The van der Waals surface area contributed by atoms with Crippen molar-refractivity contribution in [3.8, 4) is 0 Å². The molecule has 4 nitrogen and oxygen atoms in total. The molecule has 2 N–H and O–H groups in total. The van der Waals surface area contributed by atoms with Crippen LogP contribution in [0.2, 0.25) is 0 Å². The molecule has 0 aliphatic carbocycles. The molecule has 0 spiro atoms. The molecule has 1 aliphatic rings. The summed E-state index contributed by atoms with van der Waals surface area (Å²) >= 11 is 3.21. The number of aliphatic hydroxyl groups excluding tert-OH is 1. The fraction of sp³-hybridized carbons (Fsp3) is 0.214. The molecular formula is C14H12BrNO3. The predicted octanol–water partition coefficient (Wildman–Crippen LogP) is 3.01. The normalized spacial score (nSPS) is 15.8. The summed E-state index contributed by atoms with van der Waals surface area (Å²) in [5, 5.41) is 13.1. The van der Waals surface area contributed by atoms with Gasteiger partial charge in [0, 0.05) is 12.1 Å². The van der Waals surface area contributed by atoms with E-state index in [1.807, 2.05) is 12.1 Å². The quantitative estimate of drug-likeness (QED) is 0.893. The first-order chi connectivity index (χ1) is 9.13. The van der Waals surface area contributed by atoms with E-state index in [1.54, 1.807) is 18.2 Å². The summed E-state index contributed by atoms with van der Waals surface area (Å²) in [5.74, 6) is 0.530. The average Bonchev–Trinajstić information content (AvgIpc) is 2.84. The van der Waals surface area contributed by atoms with Gasteiger partial charge in [0.05, 0.1) is 0 Å². The summed E-state index contributed by atoms with van der Waals surface area (Å²) < 4.78 is 5.95. The summed E-state index contributed by atoms with van der Waals surface area (Å²) in [5.41, 5.74) is 2.63. The monoisotopic (exact) mass is 321 g/mol. The van der Waals surface area contributed by atoms with Crippen molar-refractivity contribution in [2.45, 2.75) is 18.9 Å². The van der Waals surface area contributed by atoms with Crippen LogP contribution in [0.1, 0.15) is 29.4 Å². The molecule has 1 aromatic carbocycles. The van der Waals surface area contributed by atoms with Gasteiger partial charge >= 0.3 is 0 Å². The molecule has 5 heteroatoms. The lowest BCUT2D eigenvalue weighted by Gasteiger charge is -2.18. The SMILES string of the molecule is O=C1CCc2cc(C(O)c3ccc(Br)o3)ccc2N1. The van der Waals surface area contributed by atoms with Crippen molar-refractivity contribution in [2.24, 2.45) is 0 Å². The number of rotatable bonds is 2. The van der Waals surface area contributed by atoms with E-state index >= 15 is 0 Å². The van der Waals surface area contributed by atoms with E-state index in [2.05, 4.69) is 21.2 Å². The highest BCUT2D eigenvalue weighted by molar-refractivity contribution is 9.10. The summed E-state index contributed by atoms with van der Waals surface area (Å²) in [4.78, 5) is 11.3. The minimum absolute atomic E-state index is 0.0377. The molecule has 1 amide bonds. The highest BCUT2D eigenvalue weighted by Gasteiger charge is 2.19. The molecule has 2 aromatic rings. The summed E-state index contributed by atoms with van der Waals surface area (Å²) in [6.07, 6.45) is 0.386. The number of carbonyl (C=O) groups excluding carboxylic acids is 1. The van der Waals surface area contributed by atoms with E-state index < -0.39 is 6.10 Å². The van der Waals surface area contributed by atoms with Crippen molar-refractivity contribution >= 4 is 27.5 Å². The fourth-order valence-electron chi connectivity index (χ4n) is 2.21. The Hall–Kier alpha value is -1.59. The number of amides is 1. The average molecular weight is 322 g/mol. The third-order valence-corrected chi connectivity index (χ3v) is 3.63. The number of aryl methyl sites for hydroxylation is 1. The topological polar surface area (TPSA) is 62.5 Å². The van der Waals surface area contributed by atoms with Gasteiger partial charge < -0.3 is 14.8 Å². The van der Waals surface area contributed by atoms with Crippen LogP contribution in [0.15, 0.2) is 39.4 Å². The second-order valence-corrected chi connectivity index (χ2v) is 5.29. The van der Waals surface area contributed by atoms with Crippen molar-refractivity contribution in [1.29, 1.82) is 0 Å². The van der Waals surface area contributed by atoms with E-state index in [4.69, 9.17) is 4.42 Å². The van der Waals surface area contributed by atoms with E-state index in [0.29, 0.717) is 23.3 Å². The Morgan fingerprint density at radius 1 is 1.26 bits per heavy atom. The van der Waals surface area contributed by atoms with E-state index in [0.717, 1.165) is 16.8 Å². The van der Waals surface area contributed by atoms with Crippen molar-refractivity contribution in [2.75, 3.05) is 5.32 Å². The standard InChI is InChI=1S/C14H12BrNO3/c15-12-5-4-11(19-12)14(18)9-1-3-10-8(7-9)2-6-13(17)16-10/h1,3-5,7,14,18H,2,6H2,(H,16,17). The lowest BCUT2D eigenvalue weighted by atomic mass is 9.97. The third-order valence-electron chi connectivity index (χ3n) is 3.20. The lowest BCUT2D eigenvalue weighted by molar-refractivity contribution is -0.116. The van der Waals surface area contributed by atoms with Gasteiger partial charge in [-0.1, -0.05) is 12.1 Å². The van der Waals surface area contributed by atoms with Crippen LogP contribution in [0.5, 0.6) is 0 Å². The van der Waals surface area contributed by atoms with E-state index in [1.165, 1.54) is 0 Å². The molecule has 3 rings (SSSR count). The van der Waals surface area contributed by atoms with Crippen LogP contribution < -0.4 is 5.32 Å². The first-order valence-corrected chi connectivity index (χ1v) is 6.79. The highest BCUT2D eigenvalue weighted by Crippen LogP contribution is 2.30. The van der Waals surface area contributed by atoms with Gasteiger partial charge in [-0.05, 0) is 51.7 Å². The molecule has 2 heterocycles. The Morgan fingerprint density at radius 2 is 2.11 bits per heavy atom. The van der Waals surface area contributed by atoms with Crippen LogP contribution in [-0.2, 0) is 11.2 Å². The van der Waals surface area contributed by atoms with Crippen LogP contribution in [0, 0.1) is 0 Å². The fourth-order valence-corrected chi connectivity index (χ4v) is 2.53. The van der Waals surface area contributed by atoms with E-state index in [-0.39, 0.29) is 5.91 Å². The molecule has 0 bridgehead atoms. The molecule has 0 fully saturated rings. The zero-order valence-corrected chi connectivity index (χ0v) is 11.6. The van der Waals surface area contributed by atoms with Crippen LogP contribution in [-0.4, -0.2) is 11.0 Å². The van der Waals surface area contributed by atoms with Gasteiger partial charge in [-0.25, -0.2) is 0 Å². The van der Waals surface area contributed by atoms with Gasteiger partial charge in [0.25, 0.3) is 0 Å². The number of anilines is 1. The summed E-state index contributed by atoms with van der Waals surface area (Å²) in [6, 6.07) is 9.01. The zero-order valence-electron chi connectivity index (χ0n) is 10.0. The third kappa shape index (κ3) is 2.43. The Balaban J connectivity index is 1.92. The second-order valence-electron chi connectivity index (χ2n) is 4.51.